The summed E-state index contributed by atoms with van der Waals surface area (Å²) in [5.74, 6) is 15.8. The minimum Gasteiger partial charge on any atom is -0.376 e. The number of likely N-dealkylation sites (tertiary alicyclic amines) is 1. The quantitative estimate of drug-likeness (QED) is 0.237. The van der Waals surface area contributed by atoms with Crippen molar-refractivity contribution in [3.8, 4) is 0 Å². The molecule has 16 heteroatoms. The SMILES string of the molecule is CC.CC.CC.CC.CC.CC.CC.CC.CC.CC(C)C1CCNCC1.CC(C)C1CCOCO1.CC(C)C1CCSCS1.CC(C)C1COCCO1.CC(C)C1COCOC1.CC(C)C1CSCCS1.CC(C)C1OCCCO1.CC(C)C1SCCCS1.CC(C)N1CCCCC1. The van der Waals surface area contributed by atoms with E-state index in [1.165, 1.54) is 111 Å². The Kier molecular flexibility index (Phi) is 115. The van der Waals surface area contributed by atoms with Crippen molar-refractivity contribution in [2.24, 2.45) is 59.2 Å². The Labute approximate surface area is 652 Å². The molecule has 9 heterocycles. The van der Waals surface area contributed by atoms with E-state index in [-0.39, 0.29) is 6.29 Å². The van der Waals surface area contributed by atoms with Gasteiger partial charge in [-0.3, -0.25) is 0 Å². The Bertz CT molecular complexity index is 1010. The standard InChI is InChI=1S/2C8H17N.4C7H14O2.3C7H14S2.9C2H6/c1-7(2)8-3-5-9-6-4-8;1-8(2)9-6-4-3-5-7-9;1-6(2)7-3-8-5-9-4-7;1-6(2)7-5-8-3-4-9-7;1-6(2)7-3-4-8-5-9-7;1-6(2)7-8-4-3-5-9-7;1-6(2)7-5-8-3-4-9-7;1-6(2)7-3-4-8-5-9-7;1-6(2)7-8-4-3-5-9-7;9*1-2/h7-9H,3-6H2,1-2H3;8H,3-7H2,1-2H3;7*6-7H,3-5H2,1-2H3;9*1-2H3. The molecule has 10 nitrogen and oxygen atoms in total. The third-order valence-corrected chi connectivity index (χ3v) is 25.2. The monoisotopic (exact) mass is 1530 g/mol. The van der Waals surface area contributed by atoms with Crippen LogP contribution in [0.1, 0.15) is 307 Å². The van der Waals surface area contributed by atoms with Crippen LogP contribution in [-0.2, 0) is 37.9 Å². The Balaban J connectivity index is -0.000000128. The van der Waals surface area contributed by atoms with Crippen LogP contribution in [0.2, 0.25) is 0 Å². The molecule has 0 aromatic rings. The van der Waals surface area contributed by atoms with Crippen LogP contribution in [0.4, 0.5) is 0 Å². The molecule has 9 aliphatic heterocycles. The number of rotatable bonds is 9. The molecule has 0 spiro atoms. The van der Waals surface area contributed by atoms with E-state index in [1.807, 2.05) is 125 Å². The summed E-state index contributed by atoms with van der Waals surface area (Å²) in [4.78, 5) is 2.56. The van der Waals surface area contributed by atoms with Gasteiger partial charge in [0.1, 0.15) is 13.6 Å². The molecule has 9 aliphatic rings. The van der Waals surface area contributed by atoms with Gasteiger partial charge in [-0.25, -0.2) is 0 Å². The molecule has 612 valence electrons. The third kappa shape index (κ3) is 79.1. The number of nitrogens with zero attached hydrogens (tertiary/aromatic N) is 1. The van der Waals surface area contributed by atoms with Crippen LogP contribution in [-0.4, -0.2) is 177 Å². The molecule has 0 aliphatic carbocycles. The normalized spacial score (nSPS) is 21.5. The summed E-state index contributed by atoms with van der Waals surface area (Å²) in [5, 5.41) is 6.58. The molecule has 0 amide bonds. The van der Waals surface area contributed by atoms with E-state index in [4.69, 9.17) is 37.9 Å². The molecule has 0 bridgehead atoms. The molecule has 0 aromatic heterocycles. The molecule has 9 fully saturated rings. The highest BCUT2D eigenvalue weighted by atomic mass is 32.2. The molecule has 9 saturated heterocycles. The van der Waals surface area contributed by atoms with Crippen LogP contribution in [0, 0.1) is 59.2 Å². The number of hydrogen-bond donors (Lipinski definition) is 1. The highest BCUT2D eigenvalue weighted by Gasteiger charge is 2.22. The van der Waals surface area contributed by atoms with Crippen LogP contribution in [0.3, 0.4) is 0 Å². The number of nitrogens with one attached hydrogen (secondary N) is 1. The van der Waals surface area contributed by atoms with Gasteiger partial charge in [-0.15, -0.1) is 35.3 Å². The van der Waals surface area contributed by atoms with E-state index < -0.39 is 0 Å². The molecule has 1 N–H and O–H groups in total. The fraction of sp³-hybridized carbons (Fsp3) is 1.00. The van der Waals surface area contributed by atoms with Crippen molar-refractivity contribution in [3.05, 3.63) is 0 Å². The maximum Gasteiger partial charge on any atom is 0.159 e. The minimum absolute atomic E-state index is 0.0544. The van der Waals surface area contributed by atoms with Gasteiger partial charge in [-0.2, -0.15) is 35.3 Å². The molecule has 0 saturated carbocycles. The van der Waals surface area contributed by atoms with Crippen molar-refractivity contribution >= 4 is 70.6 Å². The summed E-state index contributed by atoms with van der Waals surface area (Å²) in [7, 11) is 0. The maximum absolute atomic E-state index is 5.41. The number of hydrogen-bond acceptors (Lipinski definition) is 16. The smallest absolute Gasteiger partial charge is 0.159 e. The zero-order chi connectivity index (χ0) is 78.2. The molecule has 4 atom stereocenters. The Morgan fingerprint density at radius 2 is 0.838 bits per heavy atom. The largest absolute Gasteiger partial charge is 0.376 e. The lowest BCUT2D eigenvalue weighted by molar-refractivity contribution is -0.198. The van der Waals surface area contributed by atoms with Gasteiger partial charge in [0, 0.05) is 50.7 Å². The van der Waals surface area contributed by atoms with E-state index in [1.54, 1.807) is 0 Å². The topological polar surface area (TPSA) is 89.1 Å². The highest BCUT2D eigenvalue weighted by molar-refractivity contribution is 8.17. The fourth-order valence-corrected chi connectivity index (χ4v) is 18.2. The summed E-state index contributed by atoms with van der Waals surface area (Å²) in [5.41, 5.74) is 0. The Hall–Kier alpha value is 1.70. The van der Waals surface area contributed by atoms with Gasteiger partial charge < -0.3 is 48.1 Å². The first kappa shape index (κ1) is 119. The van der Waals surface area contributed by atoms with Crippen molar-refractivity contribution in [2.75, 3.05) is 132 Å². The van der Waals surface area contributed by atoms with Crippen LogP contribution < -0.4 is 5.32 Å². The predicted octanol–water partition coefficient (Wildman–Crippen LogP) is 26.1. The predicted molar refractivity (Wildman–Crippen MR) is 469 cm³/mol. The van der Waals surface area contributed by atoms with E-state index in [9.17, 15) is 0 Å². The second-order valence-electron chi connectivity index (χ2n) is 25.8. The van der Waals surface area contributed by atoms with Crippen LogP contribution >= 0.6 is 70.6 Å². The Morgan fingerprint density at radius 3 is 1.11 bits per heavy atom. The molecule has 4 unspecified atom stereocenters. The average Bonchev–Trinajstić information content (AvgIpc) is 3.85. The van der Waals surface area contributed by atoms with E-state index in [0.29, 0.717) is 55.4 Å². The number of thioether (sulfide) groups is 6. The first-order chi connectivity index (χ1) is 47.7. The van der Waals surface area contributed by atoms with E-state index >= 15 is 0 Å². The van der Waals surface area contributed by atoms with Crippen molar-refractivity contribution in [3.63, 3.8) is 0 Å². The molecule has 0 aromatic carbocycles. The van der Waals surface area contributed by atoms with Gasteiger partial charge in [0.25, 0.3) is 0 Å². The van der Waals surface area contributed by atoms with Crippen molar-refractivity contribution in [2.45, 2.75) is 347 Å². The fourth-order valence-electron chi connectivity index (χ4n) is 9.41. The summed E-state index contributed by atoms with van der Waals surface area (Å²) in [6.07, 6.45) is 12.8. The van der Waals surface area contributed by atoms with Gasteiger partial charge in [-0.1, -0.05) is 242 Å². The molecule has 0 radical (unpaired) electrons. The lowest BCUT2D eigenvalue weighted by Crippen LogP contribution is -2.35. The minimum atomic E-state index is 0.0544. The number of piperidine rings is 2. The van der Waals surface area contributed by atoms with E-state index in [2.05, 4.69) is 205 Å². The van der Waals surface area contributed by atoms with Gasteiger partial charge in [0.05, 0.1) is 69.6 Å². The third-order valence-electron chi connectivity index (χ3n) is 15.5. The van der Waals surface area contributed by atoms with Crippen molar-refractivity contribution < 1.29 is 37.9 Å². The average molecular weight is 1530 g/mol. The summed E-state index contributed by atoms with van der Waals surface area (Å²) >= 11 is 12.7. The zero-order valence-electron chi connectivity index (χ0n) is 73.7. The van der Waals surface area contributed by atoms with Crippen LogP contribution in [0.5, 0.6) is 0 Å². The highest BCUT2D eigenvalue weighted by Crippen LogP contribution is 2.35. The van der Waals surface area contributed by atoms with Gasteiger partial charge in [-0.05, 0) is 156 Å². The molecular weight excluding hydrogens is 1350 g/mol. The summed E-state index contributed by atoms with van der Waals surface area (Å²) < 4.78 is 42.7. The maximum atomic E-state index is 5.41. The lowest BCUT2D eigenvalue weighted by Gasteiger charge is -2.29. The van der Waals surface area contributed by atoms with Crippen molar-refractivity contribution in [1.82, 2.24) is 10.2 Å². The molecule has 99 heavy (non-hydrogen) atoms. The second kappa shape index (κ2) is 95.8. The van der Waals surface area contributed by atoms with Crippen LogP contribution in [0.15, 0.2) is 0 Å². The Morgan fingerprint density at radius 1 is 0.333 bits per heavy atom. The van der Waals surface area contributed by atoms with Gasteiger partial charge in [0.2, 0.25) is 0 Å². The first-order valence-electron chi connectivity index (χ1n) is 41.6. The number of ether oxygens (including phenoxy) is 8. The first-order valence-corrected chi connectivity index (χ1v) is 48.1. The summed E-state index contributed by atoms with van der Waals surface area (Å²) in [6, 6.07) is 0.769. The summed E-state index contributed by atoms with van der Waals surface area (Å²) in [6.45, 7) is 89.2. The van der Waals surface area contributed by atoms with Crippen molar-refractivity contribution in [1.29, 1.82) is 0 Å². The lowest BCUT2D eigenvalue weighted by atomic mass is 9.87. The molecular formula is C83H186N2O8S6. The van der Waals surface area contributed by atoms with Gasteiger partial charge in [0.15, 0.2) is 6.29 Å². The van der Waals surface area contributed by atoms with Gasteiger partial charge >= 0.3 is 0 Å². The zero-order valence-corrected chi connectivity index (χ0v) is 78.6. The second-order valence-corrected chi connectivity index (χ2v) is 33.8. The van der Waals surface area contributed by atoms with E-state index in [0.717, 1.165) is 116 Å². The van der Waals surface area contributed by atoms with Crippen LogP contribution in [0.25, 0.3) is 0 Å². The molecule has 9 rings (SSSR count).